The van der Waals surface area contributed by atoms with Crippen molar-refractivity contribution in [3.63, 3.8) is 0 Å². The van der Waals surface area contributed by atoms with Gasteiger partial charge >= 0.3 is 0 Å². The molecule has 0 atom stereocenters. The lowest BCUT2D eigenvalue weighted by molar-refractivity contribution is 1.30. The van der Waals surface area contributed by atoms with Gasteiger partial charge < -0.3 is 4.90 Å². The highest BCUT2D eigenvalue weighted by Crippen LogP contribution is 2.44. The molecular formula is C40H25NS2. The Morgan fingerprint density at radius 1 is 0.349 bits per heavy atom. The minimum absolute atomic E-state index is 1.14. The maximum atomic E-state index is 2.42. The van der Waals surface area contributed by atoms with Gasteiger partial charge in [-0.1, -0.05) is 91.0 Å². The lowest BCUT2D eigenvalue weighted by atomic mass is 9.97. The Labute approximate surface area is 257 Å². The highest BCUT2D eigenvalue weighted by atomic mass is 32.1. The first kappa shape index (κ1) is 24.6. The van der Waals surface area contributed by atoms with Crippen LogP contribution in [0.2, 0.25) is 0 Å². The number of fused-ring (bicyclic) bond motifs is 7. The molecule has 0 aliphatic rings. The van der Waals surface area contributed by atoms with Gasteiger partial charge in [0.2, 0.25) is 0 Å². The lowest BCUT2D eigenvalue weighted by Crippen LogP contribution is -2.10. The number of hydrogen-bond acceptors (Lipinski definition) is 3. The van der Waals surface area contributed by atoms with Crippen LogP contribution >= 0.6 is 22.7 Å². The van der Waals surface area contributed by atoms with Gasteiger partial charge in [0, 0.05) is 57.4 Å². The zero-order chi connectivity index (χ0) is 28.3. The number of anilines is 3. The Morgan fingerprint density at radius 3 is 1.53 bits per heavy atom. The van der Waals surface area contributed by atoms with Crippen LogP contribution in [0.4, 0.5) is 17.1 Å². The summed E-state index contributed by atoms with van der Waals surface area (Å²) in [6.45, 7) is 0. The van der Waals surface area contributed by atoms with Crippen LogP contribution in [0.3, 0.4) is 0 Å². The first-order valence-electron chi connectivity index (χ1n) is 14.5. The second-order valence-electron chi connectivity index (χ2n) is 11.0. The van der Waals surface area contributed by atoms with E-state index in [1.54, 1.807) is 0 Å². The van der Waals surface area contributed by atoms with Crippen molar-refractivity contribution in [1.82, 2.24) is 0 Å². The summed E-state index contributed by atoms with van der Waals surface area (Å²) in [5.41, 5.74) is 5.92. The molecule has 0 radical (unpaired) electrons. The average Bonchev–Trinajstić information content (AvgIpc) is 3.63. The van der Waals surface area contributed by atoms with E-state index in [2.05, 4.69) is 157 Å². The van der Waals surface area contributed by atoms with E-state index in [4.69, 9.17) is 0 Å². The number of hydrogen-bond donors (Lipinski definition) is 0. The van der Waals surface area contributed by atoms with E-state index in [9.17, 15) is 0 Å². The minimum Gasteiger partial charge on any atom is -0.310 e. The smallest absolute Gasteiger partial charge is 0.0468 e. The summed E-state index contributed by atoms with van der Waals surface area (Å²) in [6.07, 6.45) is 0. The minimum atomic E-state index is 1.14. The van der Waals surface area contributed by atoms with E-state index in [0.717, 1.165) is 17.1 Å². The third kappa shape index (κ3) is 4.04. The molecule has 3 heteroatoms. The quantitative estimate of drug-likeness (QED) is 0.199. The Bertz CT molecular complexity index is 2360. The number of benzene rings is 7. The predicted molar refractivity (Wildman–Crippen MR) is 190 cm³/mol. The van der Waals surface area contributed by atoms with Crippen LogP contribution < -0.4 is 4.90 Å². The van der Waals surface area contributed by atoms with E-state index in [0.29, 0.717) is 0 Å². The standard InChI is InChI=1S/C40H25NS2/c1-2-13-31-26(9-1)10-8-16-32(31)27-11-7-12-28(23-27)41(29-19-21-39-35(24-29)33-14-3-5-17-37(33)42-39)30-20-22-40-36(25-30)34-15-4-6-18-38(34)43-40/h1-25H. The Morgan fingerprint density at radius 2 is 0.860 bits per heavy atom. The summed E-state index contributed by atoms with van der Waals surface area (Å²) >= 11 is 3.72. The second kappa shape index (κ2) is 9.81. The highest BCUT2D eigenvalue weighted by Gasteiger charge is 2.17. The first-order chi connectivity index (χ1) is 21.3. The van der Waals surface area contributed by atoms with Crippen LogP contribution in [0.1, 0.15) is 0 Å². The van der Waals surface area contributed by atoms with Crippen molar-refractivity contribution in [3.05, 3.63) is 152 Å². The molecule has 0 fully saturated rings. The van der Waals surface area contributed by atoms with Gasteiger partial charge in [-0.15, -0.1) is 22.7 Å². The molecule has 0 saturated carbocycles. The summed E-state index contributed by atoms with van der Waals surface area (Å²) in [7, 11) is 0. The van der Waals surface area contributed by atoms with Gasteiger partial charge in [-0.2, -0.15) is 0 Å². The van der Waals surface area contributed by atoms with Crippen molar-refractivity contribution in [2.24, 2.45) is 0 Å². The number of nitrogens with zero attached hydrogens (tertiary/aromatic N) is 1. The molecule has 1 nitrogen and oxygen atoms in total. The van der Waals surface area contributed by atoms with Gasteiger partial charge in [0.1, 0.15) is 0 Å². The SMILES string of the molecule is c1cc(-c2cccc3ccccc23)cc(N(c2ccc3sc4ccccc4c3c2)c2ccc3sc4ccccc4c3c2)c1. The molecular weight excluding hydrogens is 559 g/mol. The molecule has 2 aromatic heterocycles. The third-order valence-corrected chi connectivity index (χ3v) is 10.7. The number of rotatable bonds is 4. The molecule has 0 spiro atoms. The normalized spacial score (nSPS) is 11.7. The second-order valence-corrected chi connectivity index (χ2v) is 13.1. The molecule has 0 bridgehead atoms. The fraction of sp³-hybridized carbons (Fsp3) is 0. The zero-order valence-corrected chi connectivity index (χ0v) is 24.8. The van der Waals surface area contributed by atoms with Crippen LogP contribution in [-0.2, 0) is 0 Å². The topological polar surface area (TPSA) is 3.24 Å². The van der Waals surface area contributed by atoms with E-state index >= 15 is 0 Å². The van der Waals surface area contributed by atoms with Crippen molar-refractivity contribution in [2.75, 3.05) is 4.90 Å². The zero-order valence-electron chi connectivity index (χ0n) is 23.2. The van der Waals surface area contributed by atoms with E-state index in [1.165, 1.54) is 62.2 Å². The van der Waals surface area contributed by atoms with E-state index in [1.807, 2.05) is 22.7 Å². The summed E-state index contributed by atoms with van der Waals surface area (Å²) in [5.74, 6) is 0. The average molecular weight is 584 g/mol. The van der Waals surface area contributed by atoms with Crippen LogP contribution in [0.25, 0.3) is 62.2 Å². The van der Waals surface area contributed by atoms with Crippen molar-refractivity contribution in [2.45, 2.75) is 0 Å². The molecule has 0 saturated heterocycles. The van der Waals surface area contributed by atoms with Gasteiger partial charge in [0.05, 0.1) is 0 Å². The third-order valence-electron chi connectivity index (χ3n) is 8.44. The molecule has 9 rings (SSSR count). The van der Waals surface area contributed by atoms with Crippen molar-refractivity contribution in [3.8, 4) is 11.1 Å². The molecule has 0 unspecified atom stereocenters. The summed E-state index contributed by atoms with van der Waals surface area (Å²) in [6, 6.07) is 55.6. The Kier molecular flexibility index (Phi) is 5.62. The fourth-order valence-corrected chi connectivity index (χ4v) is 8.62. The molecule has 0 amide bonds. The maximum absolute atomic E-state index is 2.42. The monoisotopic (exact) mass is 583 g/mol. The molecule has 0 aliphatic heterocycles. The van der Waals surface area contributed by atoms with Gasteiger partial charge in [-0.05, 0) is 82.6 Å². The molecule has 0 N–H and O–H groups in total. The van der Waals surface area contributed by atoms with E-state index in [-0.39, 0.29) is 0 Å². The van der Waals surface area contributed by atoms with Gasteiger partial charge in [0.25, 0.3) is 0 Å². The van der Waals surface area contributed by atoms with Gasteiger partial charge in [-0.3, -0.25) is 0 Å². The molecule has 9 aromatic rings. The lowest BCUT2D eigenvalue weighted by Gasteiger charge is -2.26. The van der Waals surface area contributed by atoms with Crippen LogP contribution in [-0.4, -0.2) is 0 Å². The van der Waals surface area contributed by atoms with Crippen LogP contribution in [0.5, 0.6) is 0 Å². The van der Waals surface area contributed by atoms with Gasteiger partial charge in [-0.25, -0.2) is 0 Å². The summed E-state index contributed by atoms with van der Waals surface area (Å²) in [4.78, 5) is 2.42. The maximum Gasteiger partial charge on any atom is 0.0468 e. The predicted octanol–water partition coefficient (Wildman–Crippen LogP) is 12.7. The molecule has 0 aliphatic carbocycles. The molecule has 43 heavy (non-hydrogen) atoms. The van der Waals surface area contributed by atoms with Crippen LogP contribution in [0, 0.1) is 0 Å². The largest absolute Gasteiger partial charge is 0.310 e. The Hall–Kier alpha value is -4.96. The van der Waals surface area contributed by atoms with Crippen molar-refractivity contribution < 1.29 is 0 Å². The van der Waals surface area contributed by atoms with Gasteiger partial charge in [0.15, 0.2) is 0 Å². The number of thiophene rings is 2. The molecule has 7 aromatic carbocycles. The fourth-order valence-electron chi connectivity index (χ4n) is 6.44. The first-order valence-corrected chi connectivity index (χ1v) is 16.1. The summed E-state index contributed by atoms with van der Waals surface area (Å²) in [5, 5.41) is 7.75. The highest BCUT2D eigenvalue weighted by molar-refractivity contribution is 7.26. The Balaban J connectivity index is 1.28. The van der Waals surface area contributed by atoms with Crippen LogP contribution in [0.15, 0.2) is 152 Å². The van der Waals surface area contributed by atoms with Crippen molar-refractivity contribution >= 4 is 90.9 Å². The summed E-state index contributed by atoms with van der Waals surface area (Å²) < 4.78 is 5.28. The molecule has 2 heterocycles. The molecule has 202 valence electrons. The van der Waals surface area contributed by atoms with Crippen molar-refractivity contribution in [1.29, 1.82) is 0 Å². The van der Waals surface area contributed by atoms with E-state index < -0.39 is 0 Å².